The summed E-state index contributed by atoms with van der Waals surface area (Å²) in [7, 11) is 3.41. The van der Waals surface area contributed by atoms with Crippen molar-refractivity contribution in [3.05, 3.63) is 35.4 Å². The molecule has 2 saturated heterocycles. The Labute approximate surface area is 263 Å². The predicted molar refractivity (Wildman–Crippen MR) is 169 cm³/mol. The number of likely N-dealkylation sites (N-methyl/N-ethyl adjacent to an activating group) is 2. The Balaban J connectivity index is 1.74. The first kappa shape index (κ1) is 34.5. The van der Waals surface area contributed by atoms with Gasteiger partial charge in [-0.05, 0) is 63.5 Å². The van der Waals surface area contributed by atoms with Crippen molar-refractivity contribution in [2.24, 2.45) is 16.7 Å². The summed E-state index contributed by atoms with van der Waals surface area (Å²) in [5.41, 5.74) is -0.347. The number of carbonyl (C=O) groups excluding carboxylic acids is 3. The molecule has 3 aliphatic rings. The number of halogens is 2. The number of nitrogens with one attached hydrogen (secondary N) is 1. The number of quaternary nitrogens is 1. The maximum Gasteiger partial charge on any atom is 0.319 e. The van der Waals surface area contributed by atoms with Crippen LogP contribution in [0.1, 0.15) is 99.0 Å². The van der Waals surface area contributed by atoms with Gasteiger partial charge in [-0.3, -0.25) is 19.0 Å². The molecule has 0 aromatic heterocycles. The highest BCUT2D eigenvalue weighted by Crippen LogP contribution is 2.44. The fourth-order valence-corrected chi connectivity index (χ4v) is 7.88. The Bertz CT molecular complexity index is 1260. The van der Waals surface area contributed by atoms with Gasteiger partial charge in [0.1, 0.15) is 18.2 Å². The van der Waals surface area contributed by atoms with Crippen molar-refractivity contribution in [3.63, 3.8) is 0 Å². The average molecular weight is 618 g/mol. The Hall–Kier alpha value is -2.39. The van der Waals surface area contributed by atoms with Gasteiger partial charge in [-0.1, -0.05) is 40.7 Å². The molecule has 1 aromatic rings. The smallest absolute Gasteiger partial charge is 0.319 e. The van der Waals surface area contributed by atoms with Crippen LogP contribution in [0, 0.1) is 28.4 Å². The zero-order valence-corrected chi connectivity index (χ0v) is 28.6. The molecule has 9 heteroatoms. The molecular formula is C35H55F2N4O3+. The van der Waals surface area contributed by atoms with Gasteiger partial charge in [0, 0.05) is 55.5 Å². The van der Waals surface area contributed by atoms with Crippen LogP contribution in [0.2, 0.25) is 0 Å². The first-order chi connectivity index (χ1) is 20.2. The number of likely N-dealkylation sites (tertiary alicyclic amines) is 2. The minimum Gasteiger partial charge on any atom is -0.354 e. The molecule has 2 aliphatic heterocycles. The topological polar surface area (TPSA) is 69.7 Å². The lowest BCUT2D eigenvalue weighted by Crippen LogP contribution is -2.61. The standard InChI is InChI=1S/C35H54F2N4O3/c1-33(2,3)32(44)40(23-13-15-35(7,8)16-14-23)24-18-29(30(42)38-9)41(10,21-24)31(43)27-20-39(34(4,5)6)19-26(27)25-12-11-22(36)17-28(25)37/h11-12,17,23-24,26-27,29H,13-16,18-21H2,1-10H3/p+1/t24-,26-,27+,29-,41?/m0/s1. The van der Waals surface area contributed by atoms with E-state index in [1.54, 1.807) is 7.05 Å². The van der Waals surface area contributed by atoms with E-state index in [0.29, 0.717) is 31.6 Å². The first-order valence-electron chi connectivity index (χ1n) is 16.3. The molecule has 1 aliphatic carbocycles. The van der Waals surface area contributed by atoms with Crippen LogP contribution in [0.25, 0.3) is 0 Å². The largest absolute Gasteiger partial charge is 0.354 e. The molecule has 3 fully saturated rings. The second kappa shape index (κ2) is 12.1. The molecule has 0 spiro atoms. The fraction of sp³-hybridized carbons (Fsp3) is 0.743. The molecule has 44 heavy (non-hydrogen) atoms. The lowest BCUT2D eigenvalue weighted by Gasteiger charge is -2.44. The molecule has 1 saturated carbocycles. The van der Waals surface area contributed by atoms with E-state index in [4.69, 9.17) is 0 Å². The highest BCUT2D eigenvalue weighted by Gasteiger charge is 2.59. The first-order valence-corrected chi connectivity index (χ1v) is 16.3. The Kier molecular flexibility index (Phi) is 9.47. The fourth-order valence-electron chi connectivity index (χ4n) is 7.88. The third-order valence-corrected chi connectivity index (χ3v) is 10.7. The van der Waals surface area contributed by atoms with Crippen LogP contribution in [0.3, 0.4) is 0 Å². The van der Waals surface area contributed by atoms with E-state index < -0.39 is 34.9 Å². The molecule has 5 atom stereocenters. The zero-order valence-electron chi connectivity index (χ0n) is 28.6. The molecule has 7 nitrogen and oxygen atoms in total. The van der Waals surface area contributed by atoms with Gasteiger partial charge in [0.15, 0.2) is 6.04 Å². The summed E-state index contributed by atoms with van der Waals surface area (Å²) in [5, 5.41) is 2.79. The summed E-state index contributed by atoms with van der Waals surface area (Å²) in [5.74, 6) is -2.72. The van der Waals surface area contributed by atoms with E-state index in [0.717, 1.165) is 31.7 Å². The van der Waals surface area contributed by atoms with Crippen molar-refractivity contribution >= 4 is 17.7 Å². The molecule has 1 unspecified atom stereocenters. The van der Waals surface area contributed by atoms with E-state index in [1.165, 1.54) is 12.1 Å². The minimum atomic E-state index is -0.685. The van der Waals surface area contributed by atoms with Crippen molar-refractivity contribution < 1.29 is 27.6 Å². The van der Waals surface area contributed by atoms with Crippen LogP contribution < -0.4 is 5.32 Å². The molecule has 246 valence electrons. The van der Waals surface area contributed by atoms with Crippen LogP contribution in [0.4, 0.5) is 8.78 Å². The van der Waals surface area contributed by atoms with Gasteiger partial charge in [0.25, 0.3) is 5.91 Å². The summed E-state index contributed by atoms with van der Waals surface area (Å²) in [6.07, 6.45) is 4.19. The highest BCUT2D eigenvalue weighted by molar-refractivity contribution is 5.86. The Morgan fingerprint density at radius 3 is 2.14 bits per heavy atom. The number of nitrogens with zero attached hydrogens (tertiary/aromatic N) is 3. The van der Waals surface area contributed by atoms with Crippen molar-refractivity contribution in [3.8, 4) is 0 Å². The molecule has 1 N–H and O–H groups in total. The third kappa shape index (κ3) is 6.74. The van der Waals surface area contributed by atoms with E-state index in [2.05, 4.69) is 44.8 Å². The van der Waals surface area contributed by atoms with Gasteiger partial charge in [-0.25, -0.2) is 13.6 Å². The molecule has 1 aromatic carbocycles. The molecule has 0 radical (unpaired) electrons. The van der Waals surface area contributed by atoms with Gasteiger partial charge >= 0.3 is 5.91 Å². The second-order valence-electron chi connectivity index (χ2n) is 16.6. The summed E-state index contributed by atoms with van der Waals surface area (Å²) in [6.45, 7) is 17.7. The number of amides is 3. The van der Waals surface area contributed by atoms with Gasteiger partial charge in [-0.15, -0.1) is 0 Å². The number of hydrogen-bond donors (Lipinski definition) is 1. The monoisotopic (exact) mass is 617 g/mol. The minimum absolute atomic E-state index is 0.0507. The van der Waals surface area contributed by atoms with Crippen molar-refractivity contribution in [1.29, 1.82) is 0 Å². The number of rotatable bonds is 5. The number of carbonyl (C=O) groups is 3. The third-order valence-electron chi connectivity index (χ3n) is 10.7. The van der Waals surface area contributed by atoms with Crippen molar-refractivity contribution in [2.75, 3.05) is 33.7 Å². The molecular weight excluding hydrogens is 562 g/mol. The van der Waals surface area contributed by atoms with E-state index in [9.17, 15) is 18.8 Å². The second-order valence-corrected chi connectivity index (χ2v) is 16.6. The summed E-state index contributed by atoms with van der Waals surface area (Å²) < 4.78 is 29.0. The van der Waals surface area contributed by atoms with Gasteiger partial charge in [-0.2, -0.15) is 0 Å². The maximum absolute atomic E-state index is 15.2. The van der Waals surface area contributed by atoms with Crippen LogP contribution >= 0.6 is 0 Å². The van der Waals surface area contributed by atoms with Crippen LogP contribution in [-0.2, 0) is 14.4 Å². The van der Waals surface area contributed by atoms with Crippen LogP contribution in [0.15, 0.2) is 18.2 Å². The lowest BCUT2D eigenvalue weighted by atomic mass is 9.74. The molecule has 3 amide bonds. The van der Waals surface area contributed by atoms with Crippen molar-refractivity contribution in [1.82, 2.24) is 15.1 Å². The summed E-state index contributed by atoms with van der Waals surface area (Å²) >= 11 is 0. The van der Waals surface area contributed by atoms with E-state index in [-0.39, 0.29) is 45.2 Å². The maximum atomic E-state index is 15.2. The number of benzene rings is 1. The van der Waals surface area contributed by atoms with Crippen molar-refractivity contribution in [2.45, 2.75) is 117 Å². The SMILES string of the molecule is CNC(=O)[C@@H]1C[C@H](N(C(=O)C(C)(C)C)C2CCC(C)(C)CC2)C[N+]1(C)C(=O)[C@@H]1CN(C(C)(C)C)C[C@H]1c1ccc(F)cc1F. The number of hydrogen-bond acceptors (Lipinski definition) is 4. The zero-order chi connectivity index (χ0) is 33.0. The van der Waals surface area contributed by atoms with Crippen LogP contribution in [0.5, 0.6) is 0 Å². The lowest BCUT2D eigenvalue weighted by molar-refractivity contribution is -0.840. The van der Waals surface area contributed by atoms with Gasteiger partial charge < -0.3 is 10.2 Å². The van der Waals surface area contributed by atoms with E-state index in [1.807, 2.05) is 32.7 Å². The van der Waals surface area contributed by atoms with Gasteiger partial charge in [0.2, 0.25) is 5.91 Å². The summed E-state index contributed by atoms with van der Waals surface area (Å²) in [6, 6.07) is 2.67. The van der Waals surface area contributed by atoms with Crippen LogP contribution in [-0.4, -0.2) is 89.4 Å². The quantitative estimate of drug-likeness (QED) is 0.445. The van der Waals surface area contributed by atoms with Gasteiger partial charge in [0.05, 0.1) is 19.0 Å². The van der Waals surface area contributed by atoms with E-state index >= 15 is 4.39 Å². The average Bonchev–Trinajstić information content (AvgIpc) is 3.51. The molecule has 4 rings (SSSR count). The Morgan fingerprint density at radius 1 is 1.00 bits per heavy atom. The molecule has 2 heterocycles. The highest BCUT2D eigenvalue weighted by atomic mass is 19.1. The normalized spacial score (nSPS) is 29.9. The Morgan fingerprint density at radius 2 is 1.61 bits per heavy atom. The molecule has 0 bridgehead atoms. The summed E-state index contributed by atoms with van der Waals surface area (Å²) in [4.78, 5) is 46.7. The predicted octanol–water partition coefficient (Wildman–Crippen LogP) is 5.48.